The van der Waals surface area contributed by atoms with E-state index in [4.69, 9.17) is 4.74 Å². The highest BCUT2D eigenvalue weighted by molar-refractivity contribution is 5.94. The smallest absolute Gasteiger partial charge is 0.245 e. The normalized spacial score (nSPS) is 15.5. The van der Waals surface area contributed by atoms with E-state index in [0.717, 1.165) is 37.4 Å². The van der Waals surface area contributed by atoms with Gasteiger partial charge in [-0.25, -0.2) is 4.98 Å². The highest BCUT2D eigenvalue weighted by atomic mass is 16.5. The van der Waals surface area contributed by atoms with Gasteiger partial charge < -0.3 is 24.8 Å². The van der Waals surface area contributed by atoms with E-state index in [1.54, 1.807) is 24.1 Å². The Morgan fingerprint density at radius 1 is 1.22 bits per heavy atom. The first-order valence-electron chi connectivity index (χ1n) is 11.5. The third-order valence-corrected chi connectivity index (χ3v) is 5.93. The van der Waals surface area contributed by atoms with E-state index in [0.29, 0.717) is 12.4 Å². The highest BCUT2D eigenvalue weighted by Crippen LogP contribution is 2.22. The van der Waals surface area contributed by atoms with Crippen LogP contribution in [0.1, 0.15) is 38.2 Å². The van der Waals surface area contributed by atoms with Crippen LogP contribution in [-0.4, -0.2) is 59.1 Å². The lowest BCUT2D eigenvalue weighted by Gasteiger charge is -2.32. The monoisotopic (exact) mass is 441 g/mol. The quantitative estimate of drug-likeness (QED) is 0.560. The molecular weight excluding hydrogens is 406 g/mol. The lowest BCUT2D eigenvalue weighted by molar-refractivity contribution is -0.133. The van der Waals surface area contributed by atoms with Gasteiger partial charge in [0.2, 0.25) is 11.8 Å². The van der Waals surface area contributed by atoms with Gasteiger partial charge >= 0.3 is 0 Å². The Labute approximate surface area is 190 Å². The first-order chi connectivity index (χ1) is 15.6. The highest BCUT2D eigenvalue weighted by Gasteiger charge is 2.23. The zero-order valence-corrected chi connectivity index (χ0v) is 19.1. The number of carbonyl (C=O) groups excluding carboxylic acids is 2. The number of likely N-dealkylation sites (tertiary alicyclic amines) is 1. The van der Waals surface area contributed by atoms with E-state index in [9.17, 15) is 9.59 Å². The van der Waals surface area contributed by atoms with Crippen LogP contribution in [0.4, 0.5) is 5.82 Å². The average molecular weight is 442 g/mol. The third kappa shape index (κ3) is 7.17. The second-order valence-corrected chi connectivity index (χ2v) is 8.38. The minimum Gasteiger partial charge on any atom is -0.375 e. The Morgan fingerprint density at radius 2 is 1.97 bits per heavy atom. The van der Waals surface area contributed by atoms with Gasteiger partial charge in [0.1, 0.15) is 12.6 Å². The molecule has 0 saturated carbocycles. The van der Waals surface area contributed by atoms with Crippen molar-refractivity contribution < 1.29 is 14.3 Å². The first kappa shape index (κ1) is 23.9. The van der Waals surface area contributed by atoms with Gasteiger partial charge in [-0.3, -0.25) is 9.59 Å². The Balaban J connectivity index is 1.43. The van der Waals surface area contributed by atoms with E-state index in [1.165, 1.54) is 12.8 Å². The summed E-state index contributed by atoms with van der Waals surface area (Å²) in [4.78, 5) is 31.4. The van der Waals surface area contributed by atoms with Crippen LogP contribution in [0.15, 0.2) is 42.9 Å². The van der Waals surface area contributed by atoms with Crippen LogP contribution in [0, 0.1) is 5.92 Å². The summed E-state index contributed by atoms with van der Waals surface area (Å²) in [5, 5.41) is 5.77. The maximum absolute atomic E-state index is 12.6. The molecule has 2 heterocycles. The molecular formula is C24H35N5O3. The maximum Gasteiger partial charge on any atom is 0.245 e. The standard InChI is InChI=1S/C24H35N5O3/c1-3-7-19-10-12-29(13-11-19)23(30)15-28-14-22(26-18-28)27-24(31)21(25-2)17-32-16-20-8-5-4-6-9-20/h4-6,8-9,14,18-19,21,25H,3,7,10-13,15-17H2,1-2H3,(H,27,31)/t21-/m1/s1. The molecule has 1 aromatic heterocycles. The number of nitrogens with zero attached hydrogens (tertiary/aromatic N) is 3. The molecule has 2 aromatic rings. The predicted octanol–water partition coefficient (Wildman–Crippen LogP) is 2.67. The number of carbonyl (C=O) groups is 2. The maximum atomic E-state index is 12.6. The fourth-order valence-electron chi connectivity index (χ4n) is 4.02. The molecule has 0 spiro atoms. The molecule has 1 aliphatic rings. The molecule has 0 bridgehead atoms. The van der Waals surface area contributed by atoms with Gasteiger partial charge in [0.25, 0.3) is 0 Å². The second-order valence-electron chi connectivity index (χ2n) is 8.38. The van der Waals surface area contributed by atoms with Crippen molar-refractivity contribution in [3.05, 3.63) is 48.4 Å². The number of anilines is 1. The molecule has 2 amide bonds. The topological polar surface area (TPSA) is 88.5 Å². The van der Waals surface area contributed by atoms with Gasteiger partial charge in [0.05, 0.1) is 19.5 Å². The van der Waals surface area contributed by atoms with Gasteiger partial charge in [0, 0.05) is 19.3 Å². The van der Waals surface area contributed by atoms with Crippen molar-refractivity contribution in [1.29, 1.82) is 0 Å². The summed E-state index contributed by atoms with van der Waals surface area (Å²) in [7, 11) is 1.72. The largest absolute Gasteiger partial charge is 0.375 e. The summed E-state index contributed by atoms with van der Waals surface area (Å²) < 4.78 is 7.40. The molecule has 1 aliphatic heterocycles. The molecule has 1 atom stereocenters. The lowest BCUT2D eigenvalue weighted by atomic mass is 9.92. The molecule has 0 radical (unpaired) electrons. The number of likely N-dealkylation sites (N-methyl/N-ethyl adjacent to an activating group) is 1. The van der Waals surface area contributed by atoms with Crippen LogP contribution in [0.3, 0.4) is 0 Å². The molecule has 174 valence electrons. The SMILES string of the molecule is CCCC1CCN(C(=O)Cn2cnc(NC(=O)[C@@H](COCc3ccccc3)NC)c2)CC1. The number of ether oxygens (including phenoxy) is 1. The van der Waals surface area contributed by atoms with E-state index in [2.05, 4.69) is 22.5 Å². The summed E-state index contributed by atoms with van der Waals surface area (Å²) in [6, 6.07) is 9.32. The molecule has 3 rings (SSSR count). The Morgan fingerprint density at radius 3 is 2.66 bits per heavy atom. The molecule has 1 saturated heterocycles. The van der Waals surface area contributed by atoms with Crippen LogP contribution in [0.5, 0.6) is 0 Å². The molecule has 1 aromatic carbocycles. The number of aromatic nitrogens is 2. The number of nitrogens with one attached hydrogen (secondary N) is 2. The number of benzene rings is 1. The van der Waals surface area contributed by atoms with Crippen molar-refractivity contribution in [3.63, 3.8) is 0 Å². The Kier molecular flexibility index (Phi) is 9.25. The number of amides is 2. The van der Waals surface area contributed by atoms with Crippen LogP contribution < -0.4 is 10.6 Å². The molecule has 2 N–H and O–H groups in total. The zero-order chi connectivity index (χ0) is 22.8. The van der Waals surface area contributed by atoms with Crippen molar-refractivity contribution >= 4 is 17.6 Å². The molecule has 1 fully saturated rings. The summed E-state index contributed by atoms with van der Waals surface area (Å²) in [6.07, 6.45) is 7.90. The number of piperidine rings is 1. The lowest BCUT2D eigenvalue weighted by Crippen LogP contribution is -2.42. The van der Waals surface area contributed by atoms with E-state index in [1.807, 2.05) is 35.2 Å². The van der Waals surface area contributed by atoms with E-state index in [-0.39, 0.29) is 25.0 Å². The number of imidazole rings is 1. The van der Waals surface area contributed by atoms with Crippen LogP contribution in [0.2, 0.25) is 0 Å². The van der Waals surface area contributed by atoms with Gasteiger partial charge in [-0.1, -0.05) is 50.1 Å². The molecule has 0 aliphatic carbocycles. The van der Waals surface area contributed by atoms with E-state index < -0.39 is 6.04 Å². The first-order valence-corrected chi connectivity index (χ1v) is 11.5. The van der Waals surface area contributed by atoms with Crippen LogP contribution >= 0.6 is 0 Å². The second kappa shape index (κ2) is 12.4. The molecule has 0 unspecified atom stereocenters. The van der Waals surface area contributed by atoms with Gasteiger partial charge in [-0.05, 0) is 31.4 Å². The number of hydrogen-bond acceptors (Lipinski definition) is 5. The molecule has 8 nitrogen and oxygen atoms in total. The van der Waals surface area contributed by atoms with Crippen molar-refractivity contribution in [2.45, 2.75) is 51.8 Å². The van der Waals surface area contributed by atoms with Gasteiger partial charge in [-0.15, -0.1) is 0 Å². The average Bonchev–Trinajstić information content (AvgIpc) is 3.24. The van der Waals surface area contributed by atoms with Crippen LogP contribution in [0.25, 0.3) is 0 Å². The van der Waals surface area contributed by atoms with Crippen molar-refractivity contribution in [2.24, 2.45) is 5.92 Å². The van der Waals surface area contributed by atoms with Crippen LogP contribution in [-0.2, 0) is 27.5 Å². The minimum absolute atomic E-state index is 0.0950. The summed E-state index contributed by atoms with van der Waals surface area (Å²) in [6.45, 7) is 4.78. The number of rotatable bonds is 11. The number of hydrogen-bond donors (Lipinski definition) is 2. The van der Waals surface area contributed by atoms with E-state index >= 15 is 0 Å². The summed E-state index contributed by atoms with van der Waals surface area (Å²) in [5.74, 6) is 1.04. The zero-order valence-electron chi connectivity index (χ0n) is 19.1. The van der Waals surface area contributed by atoms with Gasteiger partial charge in [-0.2, -0.15) is 0 Å². The predicted molar refractivity (Wildman–Crippen MR) is 124 cm³/mol. The van der Waals surface area contributed by atoms with Crippen molar-refractivity contribution in [3.8, 4) is 0 Å². The minimum atomic E-state index is -0.505. The summed E-state index contributed by atoms with van der Waals surface area (Å²) >= 11 is 0. The van der Waals surface area contributed by atoms with Crippen molar-refractivity contribution in [1.82, 2.24) is 19.8 Å². The molecule has 8 heteroatoms. The Hall–Kier alpha value is -2.71. The summed E-state index contributed by atoms with van der Waals surface area (Å²) in [5.41, 5.74) is 1.06. The Bertz CT molecular complexity index is 846. The third-order valence-electron chi connectivity index (χ3n) is 5.93. The fraction of sp³-hybridized carbons (Fsp3) is 0.542. The van der Waals surface area contributed by atoms with Gasteiger partial charge in [0.15, 0.2) is 5.82 Å². The van der Waals surface area contributed by atoms with Crippen molar-refractivity contribution in [2.75, 3.05) is 32.1 Å². The molecule has 32 heavy (non-hydrogen) atoms. The fourth-order valence-corrected chi connectivity index (χ4v) is 4.02.